The van der Waals surface area contributed by atoms with Crippen molar-refractivity contribution in [2.45, 2.75) is 39.3 Å². The normalized spacial score (nSPS) is 15.0. The van der Waals surface area contributed by atoms with E-state index in [1.165, 1.54) is 11.6 Å². The topological polar surface area (TPSA) is 52.6 Å². The minimum Gasteiger partial charge on any atom is -0.357 e. The van der Waals surface area contributed by atoms with Gasteiger partial charge in [-0.15, -0.1) is 24.0 Å². The third kappa shape index (κ3) is 7.09. The number of nitrogens with zero attached hydrogens (tertiary/aromatic N) is 3. The van der Waals surface area contributed by atoms with Crippen molar-refractivity contribution < 1.29 is 4.39 Å². The number of pyridine rings is 1. The predicted molar refractivity (Wildman–Crippen MR) is 132 cm³/mol. The molecule has 8 heteroatoms. The molecule has 1 aromatic heterocycles. The zero-order valence-electron chi connectivity index (χ0n) is 16.8. The lowest BCUT2D eigenvalue weighted by Crippen LogP contribution is -2.48. The Balaban J connectivity index is 0.00000300. The predicted octanol–water partition coefficient (Wildman–Crippen LogP) is 4.63. The molecule has 2 heterocycles. The number of anilines is 1. The average Bonchev–Trinajstić information content (AvgIpc) is 2.70. The number of aliphatic imine (C=N–C) groups is 1. The van der Waals surface area contributed by atoms with E-state index in [1.807, 2.05) is 19.2 Å². The van der Waals surface area contributed by atoms with Gasteiger partial charge in [-0.1, -0.05) is 12.1 Å². The summed E-state index contributed by atoms with van der Waals surface area (Å²) in [5.41, 5.74) is 2.02. The van der Waals surface area contributed by atoms with Gasteiger partial charge in [-0.3, -0.25) is 0 Å². The summed E-state index contributed by atoms with van der Waals surface area (Å²) < 4.78 is 14.2. The number of piperidine rings is 1. The number of rotatable bonds is 5. The largest absolute Gasteiger partial charge is 0.357 e. The van der Waals surface area contributed by atoms with Crippen LogP contribution in [0.2, 0.25) is 0 Å². The number of hydrogen-bond acceptors (Lipinski definition) is 3. The van der Waals surface area contributed by atoms with Crippen LogP contribution in [0.4, 0.5) is 10.2 Å². The van der Waals surface area contributed by atoms with E-state index in [9.17, 15) is 4.39 Å². The summed E-state index contributed by atoms with van der Waals surface area (Å²) in [6, 6.07) is 9.67. The standard InChI is InChI=1S/C21H27BrFN5.HI/c1-3-24-21(26-14-16-5-6-18(22)19(23)12-16)27-17-8-10-28(11-9-17)20-7-4-15(2)13-25-20;/h4-7,12-13,17H,3,8-11,14H2,1-2H3,(H2,24,26,27);1H. The third-order valence-corrected chi connectivity index (χ3v) is 5.45. The minimum absolute atomic E-state index is 0. The Kier molecular flexibility index (Phi) is 9.61. The Morgan fingerprint density at radius 2 is 2.03 bits per heavy atom. The molecule has 2 aromatic rings. The Hall–Kier alpha value is -1.42. The second kappa shape index (κ2) is 11.7. The van der Waals surface area contributed by atoms with Crippen LogP contribution in [0.5, 0.6) is 0 Å². The average molecular weight is 576 g/mol. The number of nitrogens with one attached hydrogen (secondary N) is 2. The van der Waals surface area contributed by atoms with Gasteiger partial charge in [0.15, 0.2) is 5.96 Å². The van der Waals surface area contributed by atoms with E-state index in [4.69, 9.17) is 0 Å². The second-order valence-corrected chi connectivity index (χ2v) is 7.90. The molecule has 1 aliphatic rings. The van der Waals surface area contributed by atoms with Gasteiger partial charge in [0.2, 0.25) is 0 Å². The zero-order chi connectivity index (χ0) is 19.9. The zero-order valence-corrected chi connectivity index (χ0v) is 20.7. The van der Waals surface area contributed by atoms with Gasteiger partial charge in [-0.2, -0.15) is 0 Å². The van der Waals surface area contributed by atoms with E-state index in [2.05, 4.69) is 60.5 Å². The van der Waals surface area contributed by atoms with Crippen molar-refractivity contribution in [2.24, 2.45) is 4.99 Å². The second-order valence-electron chi connectivity index (χ2n) is 7.04. The van der Waals surface area contributed by atoms with Crippen LogP contribution in [0.15, 0.2) is 46.0 Å². The van der Waals surface area contributed by atoms with Crippen LogP contribution in [0.3, 0.4) is 0 Å². The first-order valence-corrected chi connectivity index (χ1v) is 10.5. The fraction of sp³-hybridized carbons (Fsp3) is 0.429. The first-order chi connectivity index (χ1) is 13.5. The van der Waals surface area contributed by atoms with Gasteiger partial charge in [-0.05, 0) is 71.9 Å². The summed E-state index contributed by atoms with van der Waals surface area (Å²) in [6.45, 7) is 7.24. The van der Waals surface area contributed by atoms with Gasteiger partial charge in [-0.25, -0.2) is 14.4 Å². The highest BCUT2D eigenvalue weighted by atomic mass is 127. The van der Waals surface area contributed by atoms with Crippen molar-refractivity contribution in [1.82, 2.24) is 15.6 Å². The molecular weight excluding hydrogens is 548 g/mol. The maximum absolute atomic E-state index is 13.7. The molecule has 0 atom stereocenters. The van der Waals surface area contributed by atoms with E-state index in [1.54, 1.807) is 6.07 Å². The Morgan fingerprint density at radius 1 is 1.28 bits per heavy atom. The fourth-order valence-electron chi connectivity index (χ4n) is 3.22. The quantitative estimate of drug-likeness (QED) is 0.310. The molecule has 0 bridgehead atoms. The minimum atomic E-state index is -0.261. The van der Waals surface area contributed by atoms with Crippen LogP contribution in [0.1, 0.15) is 30.9 Å². The molecule has 0 radical (unpaired) electrons. The van der Waals surface area contributed by atoms with Crippen LogP contribution in [-0.2, 0) is 6.54 Å². The smallest absolute Gasteiger partial charge is 0.191 e. The van der Waals surface area contributed by atoms with Crippen molar-refractivity contribution in [2.75, 3.05) is 24.5 Å². The highest BCUT2D eigenvalue weighted by Gasteiger charge is 2.20. The van der Waals surface area contributed by atoms with E-state index in [-0.39, 0.29) is 29.8 Å². The van der Waals surface area contributed by atoms with Crippen LogP contribution in [0, 0.1) is 12.7 Å². The molecule has 0 amide bonds. The van der Waals surface area contributed by atoms with Crippen LogP contribution in [0.25, 0.3) is 0 Å². The van der Waals surface area contributed by atoms with Crippen LogP contribution >= 0.6 is 39.9 Å². The number of benzene rings is 1. The molecule has 1 aliphatic heterocycles. The monoisotopic (exact) mass is 575 g/mol. The first kappa shape index (κ1) is 23.9. The molecule has 158 valence electrons. The summed E-state index contributed by atoms with van der Waals surface area (Å²) >= 11 is 3.18. The molecule has 29 heavy (non-hydrogen) atoms. The molecule has 0 saturated carbocycles. The third-order valence-electron chi connectivity index (χ3n) is 4.80. The van der Waals surface area contributed by atoms with Crippen molar-refractivity contribution in [3.63, 3.8) is 0 Å². The maximum Gasteiger partial charge on any atom is 0.191 e. The molecule has 0 unspecified atom stereocenters. The van der Waals surface area contributed by atoms with Crippen molar-refractivity contribution in [1.29, 1.82) is 0 Å². The summed E-state index contributed by atoms with van der Waals surface area (Å²) in [6.07, 6.45) is 3.96. The molecule has 5 nitrogen and oxygen atoms in total. The number of aromatic nitrogens is 1. The summed E-state index contributed by atoms with van der Waals surface area (Å²) in [7, 11) is 0. The molecule has 0 spiro atoms. The number of guanidine groups is 1. The lowest BCUT2D eigenvalue weighted by atomic mass is 10.1. The number of halogens is 3. The highest BCUT2D eigenvalue weighted by molar-refractivity contribution is 14.0. The van der Waals surface area contributed by atoms with E-state index < -0.39 is 0 Å². The Bertz CT molecular complexity index is 807. The molecule has 1 saturated heterocycles. The summed E-state index contributed by atoms with van der Waals surface area (Å²) in [5, 5.41) is 6.81. The van der Waals surface area contributed by atoms with E-state index >= 15 is 0 Å². The molecule has 3 rings (SSSR count). The first-order valence-electron chi connectivity index (χ1n) is 9.71. The molecule has 2 N–H and O–H groups in total. The number of hydrogen-bond donors (Lipinski definition) is 2. The Labute approximate surface area is 197 Å². The van der Waals surface area contributed by atoms with Crippen LogP contribution in [-0.4, -0.2) is 36.6 Å². The number of aryl methyl sites for hydroxylation is 1. The van der Waals surface area contributed by atoms with Crippen molar-refractivity contribution in [3.8, 4) is 0 Å². The highest BCUT2D eigenvalue weighted by Crippen LogP contribution is 2.19. The summed E-state index contributed by atoms with van der Waals surface area (Å²) in [5.74, 6) is 1.56. The van der Waals surface area contributed by atoms with Gasteiger partial charge in [0.1, 0.15) is 11.6 Å². The molecular formula is C21H28BrFIN5. The van der Waals surface area contributed by atoms with Gasteiger partial charge in [0.05, 0.1) is 11.0 Å². The van der Waals surface area contributed by atoms with E-state index in [0.717, 1.165) is 49.8 Å². The lowest BCUT2D eigenvalue weighted by molar-refractivity contribution is 0.459. The van der Waals surface area contributed by atoms with Crippen molar-refractivity contribution in [3.05, 3.63) is 57.9 Å². The molecule has 0 aliphatic carbocycles. The Morgan fingerprint density at radius 3 is 2.66 bits per heavy atom. The van der Waals surface area contributed by atoms with Crippen LogP contribution < -0.4 is 15.5 Å². The molecule has 1 aromatic carbocycles. The lowest BCUT2D eigenvalue weighted by Gasteiger charge is -2.33. The SMILES string of the molecule is CCNC(=NCc1ccc(Br)c(F)c1)NC1CCN(c2ccc(C)cn2)CC1.I. The molecule has 1 fully saturated rings. The fourth-order valence-corrected chi connectivity index (χ4v) is 3.47. The van der Waals surface area contributed by atoms with Gasteiger partial charge in [0.25, 0.3) is 0 Å². The van der Waals surface area contributed by atoms with Gasteiger partial charge in [0, 0.05) is 31.9 Å². The summed E-state index contributed by atoms with van der Waals surface area (Å²) in [4.78, 5) is 11.5. The van der Waals surface area contributed by atoms with E-state index in [0.29, 0.717) is 17.1 Å². The van der Waals surface area contributed by atoms with Crippen molar-refractivity contribution >= 4 is 51.7 Å². The van der Waals surface area contributed by atoms with Gasteiger partial charge < -0.3 is 15.5 Å². The van der Waals surface area contributed by atoms with Gasteiger partial charge >= 0.3 is 0 Å². The maximum atomic E-state index is 13.7.